The molecule has 2 rings (SSSR count). The smallest absolute Gasteiger partial charge is 0.374 e. The fourth-order valence-corrected chi connectivity index (χ4v) is 3.18. The minimum absolute atomic E-state index is 0.0235. The van der Waals surface area contributed by atoms with Gasteiger partial charge in [0.25, 0.3) is 0 Å². The van der Waals surface area contributed by atoms with E-state index >= 15 is 0 Å². The van der Waals surface area contributed by atoms with Crippen LogP contribution in [0.3, 0.4) is 0 Å². The average molecular weight is 368 g/mol. The molecule has 26 heavy (non-hydrogen) atoms. The summed E-state index contributed by atoms with van der Waals surface area (Å²) in [6, 6.07) is 2.42. The van der Waals surface area contributed by atoms with Crippen LogP contribution in [0.2, 0.25) is 0 Å². The number of hydrogen-bond acceptors (Lipinski definition) is 4. The Balaban J connectivity index is 2.64. The van der Waals surface area contributed by atoms with Gasteiger partial charge in [0, 0.05) is 17.1 Å². The van der Waals surface area contributed by atoms with E-state index in [2.05, 4.69) is 0 Å². The maximum Gasteiger partial charge on any atom is 0.374 e. The summed E-state index contributed by atoms with van der Waals surface area (Å²) in [5.41, 5.74) is 0.0483. The van der Waals surface area contributed by atoms with E-state index in [4.69, 9.17) is 14.2 Å². The van der Waals surface area contributed by atoms with Crippen molar-refractivity contribution >= 4 is 11.5 Å². The number of hydrogen-bond donors (Lipinski definition) is 0. The van der Waals surface area contributed by atoms with Crippen molar-refractivity contribution in [2.45, 2.75) is 53.2 Å². The lowest BCUT2D eigenvalue weighted by Crippen LogP contribution is -2.26. The van der Waals surface area contributed by atoms with Crippen LogP contribution in [0.4, 0.5) is 8.78 Å². The maximum atomic E-state index is 14.2. The third-order valence-corrected chi connectivity index (χ3v) is 4.23. The van der Waals surface area contributed by atoms with Crippen LogP contribution in [0.25, 0.3) is 5.57 Å². The second-order valence-corrected chi connectivity index (χ2v) is 7.80. The van der Waals surface area contributed by atoms with Crippen LogP contribution in [0, 0.1) is 23.5 Å². The van der Waals surface area contributed by atoms with Crippen molar-refractivity contribution in [3.63, 3.8) is 0 Å². The molecular weight excluding hydrogens is 342 g/mol. The Bertz CT molecular complexity index is 732. The molecule has 0 spiro atoms. The number of benzene rings is 1. The van der Waals surface area contributed by atoms with Crippen molar-refractivity contribution in [1.29, 1.82) is 0 Å². The van der Waals surface area contributed by atoms with Gasteiger partial charge in [0.2, 0.25) is 11.6 Å². The van der Waals surface area contributed by atoms with Crippen molar-refractivity contribution in [3.05, 3.63) is 35.1 Å². The fraction of sp³-hybridized carbons (Fsp3) is 0.550. The molecule has 2 unspecified atom stereocenters. The molecule has 0 bridgehead atoms. The van der Waals surface area contributed by atoms with Gasteiger partial charge >= 0.3 is 5.97 Å². The van der Waals surface area contributed by atoms with E-state index < -0.39 is 23.2 Å². The van der Waals surface area contributed by atoms with Crippen LogP contribution >= 0.6 is 0 Å². The normalized spacial score (nSPS) is 20.4. The van der Waals surface area contributed by atoms with E-state index in [0.717, 1.165) is 6.07 Å². The summed E-state index contributed by atoms with van der Waals surface area (Å²) in [5, 5.41) is 0. The van der Waals surface area contributed by atoms with Crippen molar-refractivity contribution in [3.8, 4) is 5.75 Å². The summed E-state index contributed by atoms with van der Waals surface area (Å²) in [5.74, 6) is -3.09. The highest BCUT2D eigenvalue weighted by atomic mass is 19.2. The predicted octanol–water partition coefficient (Wildman–Crippen LogP) is 4.72. The Morgan fingerprint density at radius 1 is 1.23 bits per heavy atom. The molecule has 1 heterocycles. The monoisotopic (exact) mass is 368 g/mol. The van der Waals surface area contributed by atoms with Crippen molar-refractivity contribution in [2.24, 2.45) is 11.8 Å². The molecule has 144 valence electrons. The van der Waals surface area contributed by atoms with E-state index in [0.29, 0.717) is 11.1 Å². The van der Waals surface area contributed by atoms with Crippen LogP contribution in [0.15, 0.2) is 17.9 Å². The Labute approximate surface area is 153 Å². The summed E-state index contributed by atoms with van der Waals surface area (Å²) in [6.45, 7) is 11.1. The molecule has 1 aromatic rings. The molecule has 0 fully saturated rings. The minimum atomic E-state index is -1.10. The lowest BCUT2D eigenvalue weighted by Gasteiger charge is -2.22. The molecule has 0 N–H and O–H groups in total. The Kier molecular flexibility index (Phi) is 5.64. The molecule has 1 aliphatic rings. The second kappa shape index (κ2) is 7.25. The summed E-state index contributed by atoms with van der Waals surface area (Å²) < 4.78 is 44.3. The molecule has 0 saturated carbocycles. The zero-order chi connectivity index (χ0) is 19.8. The SMILES string of the molecule is COc1c(C2=C(C(=O)OC(C)(C)C)OC(C(C)C)C2C)ccc(F)c1F. The van der Waals surface area contributed by atoms with Gasteiger partial charge in [0.15, 0.2) is 11.6 Å². The van der Waals surface area contributed by atoms with Gasteiger partial charge in [-0.1, -0.05) is 20.8 Å². The van der Waals surface area contributed by atoms with E-state index in [-0.39, 0.29) is 29.4 Å². The van der Waals surface area contributed by atoms with Gasteiger partial charge in [0.05, 0.1) is 7.11 Å². The van der Waals surface area contributed by atoms with Gasteiger partial charge in [-0.05, 0) is 38.8 Å². The van der Waals surface area contributed by atoms with Gasteiger partial charge in [-0.3, -0.25) is 0 Å². The summed E-state index contributed by atoms with van der Waals surface area (Å²) in [4.78, 5) is 12.7. The lowest BCUT2D eigenvalue weighted by atomic mass is 9.86. The van der Waals surface area contributed by atoms with E-state index in [1.807, 2.05) is 20.8 Å². The second-order valence-electron chi connectivity index (χ2n) is 7.80. The van der Waals surface area contributed by atoms with Crippen LogP contribution in [0.5, 0.6) is 5.75 Å². The van der Waals surface area contributed by atoms with E-state index in [1.54, 1.807) is 20.8 Å². The summed E-state index contributed by atoms with van der Waals surface area (Å²) in [7, 11) is 1.26. The van der Waals surface area contributed by atoms with Gasteiger partial charge < -0.3 is 14.2 Å². The molecule has 1 aliphatic heterocycles. The number of carbonyl (C=O) groups excluding carboxylic acids is 1. The molecule has 1 aromatic carbocycles. The molecule has 0 aromatic heterocycles. The van der Waals surface area contributed by atoms with Crippen LogP contribution in [-0.2, 0) is 14.3 Å². The van der Waals surface area contributed by atoms with E-state index in [1.165, 1.54) is 13.2 Å². The zero-order valence-electron chi connectivity index (χ0n) is 16.3. The van der Waals surface area contributed by atoms with Crippen LogP contribution in [0.1, 0.15) is 47.1 Å². The highest BCUT2D eigenvalue weighted by molar-refractivity contribution is 5.98. The molecule has 0 amide bonds. The minimum Gasteiger partial charge on any atom is -0.493 e. The number of rotatable bonds is 4. The standard InChI is InChI=1S/C20H26F2O4/c1-10(2)16-11(3)14(18(25-16)19(23)26-20(4,5)6)12-8-9-13(21)15(22)17(12)24-7/h8-11,16H,1-7H3. The number of carbonyl (C=O) groups is 1. The summed E-state index contributed by atoms with van der Waals surface area (Å²) >= 11 is 0. The van der Waals surface area contributed by atoms with Gasteiger partial charge in [0.1, 0.15) is 11.7 Å². The first kappa shape index (κ1) is 20.2. The highest BCUT2D eigenvalue weighted by Crippen LogP contribution is 2.45. The number of methoxy groups -OCH3 is 1. The fourth-order valence-electron chi connectivity index (χ4n) is 3.18. The Morgan fingerprint density at radius 2 is 1.85 bits per heavy atom. The van der Waals surface area contributed by atoms with Crippen molar-refractivity contribution in [1.82, 2.24) is 0 Å². The first-order valence-corrected chi connectivity index (χ1v) is 8.64. The molecular formula is C20H26F2O4. The van der Waals surface area contributed by atoms with Crippen LogP contribution in [-0.4, -0.2) is 24.8 Å². The summed E-state index contributed by atoms with van der Waals surface area (Å²) in [6.07, 6.45) is -0.287. The Hall–Kier alpha value is -2.11. The number of esters is 1. The molecule has 6 heteroatoms. The maximum absolute atomic E-state index is 14.2. The number of ether oxygens (including phenoxy) is 3. The van der Waals surface area contributed by atoms with Crippen molar-refractivity contribution < 1.29 is 27.8 Å². The first-order chi connectivity index (χ1) is 12.0. The topological polar surface area (TPSA) is 44.8 Å². The van der Waals surface area contributed by atoms with Crippen molar-refractivity contribution in [2.75, 3.05) is 7.11 Å². The first-order valence-electron chi connectivity index (χ1n) is 8.64. The predicted molar refractivity (Wildman–Crippen MR) is 94.6 cm³/mol. The quantitative estimate of drug-likeness (QED) is 0.722. The Morgan fingerprint density at radius 3 is 2.35 bits per heavy atom. The van der Waals surface area contributed by atoms with Gasteiger partial charge in [-0.2, -0.15) is 4.39 Å². The van der Waals surface area contributed by atoms with E-state index in [9.17, 15) is 13.6 Å². The molecule has 2 atom stereocenters. The molecule has 0 aliphatic carbocycles. The molecule has 0 radical (unpaired) electrons. The van der Waals surface area contributed by atoms with Crippen LogP contribution < -0.4 is 4.74 Å². The largest absolute Gasteiger partial charge is 0.493 e. The molecule has 4 nitrogen and oxygen atoms in total. The average Bonchev–Trinajstić information content (AvgIpc) is 2.86. The lowest BCUT2D eigenvalue weighted by molar-refractivity contribution is -0.154. The van der Waals surface area contributed by atoms with Gasteiger partial charge in [-0.25, -0.2) is 9.18 Å². The molecule has 0 saturated heterocycles. The van der Waals surface area contributed by atoms with Gasteiger partial charge in [-0.15, -0.1) is 0 Å². The highest BCUT2D eigenvalue weighted by Gasteiger charge is 2.42. The third-order valence-electron chi connectivity index (χ3n) is 4.23. The number of halogens is 2. The third kappa shape index (κ3) is 3.84. The zero-order valence-corrected chi connectivity index (χ0v) is 16.3.